The Kier molecular flexibility index (Phi) is 3.39. The third-order valence-electron chi connectivity index (χ3n) is 0.794. The topological polar surface area (TPSA) is 0 Å². The highest BCUT2D eigenvalue weighted by Crippen LogP contribution is 2.22. The van der Waals surface area contributed by atoms with Gasteiger partial charge in [-0.2, -0.15) is 13.2 Å². The van der Waals surface area contributed by atoms with Crippen LogP contribution in [-0.2, 0) is 0 Å². The van der Waals surface area contributed by atoms with E-state index in [0.29, 0.717) is 0 Å². The minimum atomic E-state index is -4.20. The molecule has 1 radical (unpaired) electrons. The van der Waals surface area contributed by atoms with Gasteiger partial charge in [0.2, 0.25) is 0 Å². The van der Waals surface area contributed by atoms with Gasteiger partial charge in [-0.1, -0.05) is 6.58 Å². The van der Waals surface area contributed by atoms with Crippen LogP contribution in [0.3, 0.4) is 0 Å². The largest absolute Gasteiger partial charge is 0.389 e. The molecule has 0 aromatic heterocycles. The first kappa shape index (κ1) is 9.46. The smallest absolute Gasteiger partial charge is 0.212 e. The van der Waals surface area contributed by atoms with Gasteiger partial charge in [0.25, 0.3) is 0 Å². The minimum Gasteiger partial charge on any atom is -0.212 e. The summed E-state index contributed by atoms with van der Waals surface area (Å²) in [6.45, 7) is 2.79. The normalized spacial score (nSPS) is 11.6. The number of halogens is 4. The van der Waals surface area contributed by atoms with Crippen molar-refractivity contribution in [1.82, 2.24) is 0 Å². The summed E-state index contributed by atoms with van der Waals surface area (Å²) < 4.78 is 45.7. The predicted molar refractivity (Wildman–Crippen MR) is 29.8 cm³/mol. The van der Waals surface area contributed by atoms with Gasteiger partial charge >= 0.3 is 6.18 Å². The van der Waals surface area contributed by atoms with Gasteiger partial charge in [0, 0.05) is 12.8 Å². The van der Waals surface area contributed by atoms with E-state index in [4.69, 9.17) is 0 Å². The van der Waals surface area contributed by atoms with E-state index in [1.54, 1.807) is 0 Å². The molecule has 0 spiro atoms. The predicted octanol–water partition coefficient (Wildman–Crippen LogP) is 3.02. The molecule has 0 atom stereocenters. The molecule has 0 saturated carbocycles. The van der Waals surface area contributed by atoms with Crippen molar-refractivity contribution >= 4 is 0 Å². The van der Waals surface area contributed by atoms with E-state index < -0.39 is 18.4 Å². The number of hydrogen-bond donors (Lipinski definition) is 0. The van der Waals surface area contributed by atoms with Gasteiger partial charge in [-0.25, -0.2) is 4.39 Å². The maximum Gasteiger partial charge on any atom is 0.389 e. The molecule has 4 heteroatoms. The lowest BCUT2D eigenvalue weighted by Gasteiger charge is -2.03. The van der Waals surface area contributed by atoms with Crippen LogP contribution in [0, 0.1) is 6.42 Å². The van der Waals surface area contributed by atoms with E-state index >= 15 is 0 Å². The highest BCUT2D eigenvalue weighted by Gasteiger charge is 2.25. The zero-order valence-electron chi connectivity index (χ0n) is 5.21. The molecule has 0 fully saturated rings. The van der Waals surface area contributed by atoms with Gasteiger partial charge in [0.05, 0.1) is 5.83 Å². The molecular formula is C6H7F4. The number of alkyl halides is 3. The average molecular weight is 155 g/mol. The second-order valence-electron chi connectivity index (χ2n) is 1.80. The maximum atomic E-state index is 11.7. The van der Waals surface area contributed by atoms with Crippen LogP contribution in [0.15, 0.2) is 12.4 Å². The molecule has 0 N–H and O–H groups in total. The fourth-order valence-corrected chi connectivity index (χ4v) is 0.392. The second-order valence-corrected chi connectivity index (χ2v) is 1.80. The van der Waals surface area contributed by atoms with E-state index in [0.717, 1.165) is 6.42 Å². The first-order valence-corrected chi connectivity index (χ1v) is 2.66. The van der Waals surface area contributed by atoms with Crippen molar-refractivity contribution in [2.24, 2.45) is 0 Å². The van der Waals surface area contributed by atoms with Crippen molar-refractivity contribution in [3.8, 4) is 0 Å². The van der Waals surface area contributed by atoms with Gasteiger partial charge in [-0.15, -0.1) is 0 Å². The molecule has 0 aliphatic rings. The Morgan fingerprint density at radius 2 is 1.90 bits per heavy atom. The van der Waals surface area contributed by atoms with Crippen molar-refractivity contribution in [1.29, 1.82) is 0 Å². The molecule has 0 bridgehead atoms. The van der Waals surface area contributed by atoms with Crippen LogP contribution in [0.4, 0.5) is 17.6 Å². The van der Waals surface area contributed by atoms with Crippen molar-refractivity contribution in [2.75, 3.05) is 0 Å². The molecule has 0 aliphatic carbocycles. The molecule has 10 heavy (non-hydrogen) atoms. The van der Waals surface area contributed by atoms with Crippen LogP contribution in [0.5, 0.6) is 0 Å². The number of allylic oxidation sites excluding steroid dienone is 1. The quantitative estimate of drug-likeness (QED) is 0.549. The molecule has 0 saturated heterocycles. The van der Waals surface area contributed by atoms with Gasteiger partial charge in [-0.05, 0) is 6.42 Å². The lowest BCUT2D eigenvalue weighted by molar-refractivity contribution is -0.134. The third kappa shape index (κ3) is 7.46. The SMILES string of the molecule is C=C(F)[CH]CCC(F)(F)F. The van der Waals surface area contributed by atoms with Crippen LogP contribution >= 0.6 is 0 Å². The maximum absolute atomic E-state index is 11.7. The Morgan fingerprint density at radius 3 is 2.20 bits per heavy atom. The highest BCUT2D eigenvalue weighted by molar-refractivity contribution is 4.96. The Hall–Kier alpha value is -0.540. The first-order valence-electron chi connectivity index (χ1n) is 2.66. The van der Waals surface area contributed by atoms with Crippen LogP contribution in [-0.4, -0.2) is 6.18 Å². The highest BCUT2D eigenvalue weighted by atomic mass is 19.4. The van der Waals surface area contributed by atoms with Crippen molar-refractivity contribution in [3.63, 3.8) is 0 Å². The van der Waals surface area contributed by atoms with E-state index in [1.165, 1.54) is 0 Å². The molecule has 0 aromatic rings. The lowest BCUT2D eigenvalue weighted by Crippen LogP contribution is -2.06. The molecular weight excluding hydrogens is 148 g/mol. The van der Waals surface area contributed by atoms with Crippen molar-refractivity contribution in [3.05, 3.63) is 18.8 Å². The summed E-state index contributed by atoms with van der Waals surface area (Å²) in [5.41, 5.74) is 0. The molecule has 0 nitrogen and oxygen atoms in total. The van der Waals surface area contributed by atoms with Crippen LogP contribution in [0.1, 0.15) is 12.8 Å². The van der Waals surface area contributed by atoms with Gasteiger partial charge in [0.15, 0.2) is 0 Å². The summed E-state index contributed by atoms with van der Waals surface area (Å²) in [5.74, 6) is -0.816. The summed E-state index contributed by atoms with van der Waals surface area (Å²) in [4.78, 5) is 0. The fourth-order valence-electron chi connectivity index (χ4n) is 0.392. The summed E-state index contributed by atoms with van der Waals surface area (Å²) in [6, 6.07) is 0. The Morgan fingerprint density at radius 1 is 1.40 bits per heavy atom. The van der Waals surface area contributed by atoms with Crippen molar-refractivity contribution < 1.29 is 17.6 Å². The van der Waals surface area contributed by atoms with Gasteiger partial charge in [0.1, 0.15) is 0 Å². The standard InChI is InChI=1S/C6H7F4/c1-5(7)3-2-4-6(8,9)10/h3H,1-2,4H2. The van der Waals surface area contributed by atoms with Crippen LogP contribution < -0.4 is 0 Å². The zero-order chi connectivity index (χ0) is 8.20. The molecule has 59 valence electrons. The fraction of sp³-hybridized carbons (Fsp3) is 0.500. The second kappa shape index (κ2) is 3.58. The summed E-state index contributed by atoms with van der Waals surface area (Å²) in [7, 11) is 0. The molecule has 0 amide bonds. The Labute approximate surface area is 56.5 Å². The minimum absolute atomic E-state index is 0.334. The molecule has 0 rings (SSSR count). The Bertz CT molecular complexity index is 113. The molecule has 0 heterocycles. The monoisotopic (exact) mass is 155 g/mol. The molecule has 0 aromatic carbocycles. The van der Waals surface area contributed by atoms with E-state index in [-0.39, 0.29) is 6.42 Å². The van der Waals surface area contributed by atoms with Crippen LogP contribution in [0.2, 0.25) is 0 Å². The first-order chi connectivity index (χ1) is 4.42. The summed E-state index contributed by atoms with van der Waals surface area (Å²) in [5, 5.41) is 0. The zero-order valence-corrected chi connectivity index (χ0v) is 5.21. The van der Waals surface area contributed by atoms with Gasteiger partial charge < -0.3 is 0 Å². The molecule has 0 unspecified atom stereocenters. The third-order valence-corrected chi connectivity index (χ3v) is 0.794. The summed E-state index contributed by atoms with van der Waals surface area (Å²) >= 11 is 0. The number of rotatable bonds is 3. The summed E-state index contributed by atoms with van der Waals surface area (Å²) in [6.07, 6.45) is -4.71. The van der Waals surface area contributed by atoms with Crippen LogP contribution in [0.25, 0.3) is 0 Å². The van der Waals surface area contributed by atoms with E-state index in [9.17, 15) is 17.6 Å². The lowest BCUT2D eigenvalue weighted by atomic mass is 10.2. The van der Waals surface area contributed by atoms with E-state index in [1.807, 2.05) is 0 Å². The van der Waals surface area contributed by atoms with Gasteiger partial charge in [-0.3, -0.25) is 0 Å². The molecule has 0 aliphatic heterocycles. The number of hydrogen-bond acceptors (Lipinski definition) is 0. The Balaban J connectivity index is 3.29. The van der Waals surface area contributed by atoms with Crippen molar-refractivity contribution in [2.45, 2.75) is 19.0 Å². The van der Waals surface area contributed by atoms with E-state index in [2.05, 4.69) is 6.58 Å². The average Bonchev–Trinajstić information content (AvgIpc) is 1.59.